The molecule has 6 heteroatoms. The number of hydrogen-bond donors (Lipinski definition) is 1. The van der Waals surface area contributed by atoms with Crippen molar-refractivity contribution in [3.05, 3.63) is 34.6 Å². The topological polar surface area (TPSA) is 43.8 Å². The SMILES string of the molecule is O=C(O)CCN1CCN(Cc2ccc(Cl)cc2F)CC1. The average Bonchev–Trinajstić information content (AvgIpc) is 2.41. The molecule has 0 saturated carbocycles. The zero-order valence-electron chi connectivity index (χ0n) is 11.2. The number of aliphatic carboxylic acids is 1. The first-order valence-corrected chi connectivity index (χ1v) is 7.03. The first-order valence-electron chi connectivity index (χ1n) is 6.65. The maximum atomic E-state index is 13.7. The zero-order valence-corrected chi connectivity index (χ0v) is 11.9. The molecule has 1 fully saturated rings. The minimum atomic E-state index is -0.768. The first kappa shape index (κ1) is 15.2. The van der Waals surface area contributed by atoms with E-state index >= 15 is 0 Å². The Labute approximate surface area is 122 Å². The van der Waals surface area contributed by atoms with Gasteiger partial charge in [-0.15, -0.1) is 0 Å². The van der Waals surface area contributed by atoms with Crippen molar-refractivity contribution in [3.63, 3.8) is 0 Å². The number of carboxylic acids is 1. The van der Waals surface area contributed by atoms with Crippen molar-refractivity contribution in [2.24, 2.45) is 0 Å². The van der Waals surface area contributed by atoms with E-state index in [9.17, 15) is 9.18 Å². The Kier molecular flexibility index (Phi) is 5.34. The van der Waals surface area contributed by atoms with Gasteiger partial charge in [0.05, 0.1) is 6.42 Å². The molecule has 20 heavy (non-hydrogen) atoms. The third-order valence-electron chi connectivity index (χ3n) is 3.52. The van der Waals surface area contributed by atoms with Crippen molar-refractivity contribution in [2.75, 3.05) is 32.7 Å². The number of benzene rings is 1. The largest absolute Gasteiger partial charge is 0.481 e. The van der Waals surface area contributed by atoms with Gasteiger partial charge in [0.15, 0.2) is 0 Å². The van der Waals surface area contributed by atoms with Gasteiger partial charge in [0, 0.05) is 49.9 Å². The lowest BCUT2D eigenvalue weighted by Gasteiger charge is -2.34. The second-order valence-corrected chi connectivity index (χ2v) is 5.43. The van der Waals surface area contributed by atoms with Gasteiger partial charge in [-0.3, -0.25) is 9.69 Å². The van der Waals surface area contributed by atoms with Crippen LogP contribution in [-0.2, 0) is 11.3 Å². The molecule has 1 N–H and O–H groups in total. The summed E-state index contributed by atoms with van der Waals surface area (Å²) in [5, 5.41) is 9.06. The van der Waals surface area contributed by atoms with E-state index in [0.29, 0.717) is 23.7 Å². The molecular weight excluding hydrogens is 283 g/mol. The van der Waals surface area contributed by atoms with E-state index < -0.39 is 5.97 Å². The fourth-order valence-electron chi connectivity index (χ4n) is 2.32. The molecule has 1 aliphatic heterocycles. The van der Waals surface area contributed by atoms with E-state index in [1.165, 1.54) is 6.07 Å². The maximum Gasteiger partial charge on any atom is 0.304 e. The van der Waals surface area contributed by atoms with Crippen molar-refractivity contribution in [1.29, 1.82) is 0 Å². The van der Waals surface area contributed by atoms with Crippen LogP contribution < -0.4 is 0 Å². The summed E-state index contributed by atoms with van der Waals surface area (Å²) in [6, 6.07) is 4.75. The monoisotopic (exact) mass is 300 g/mol. The van der Waals surface area contributed by atoms with E-state index in [-0.39, 0.29) is 12.2 Å². The average molecular weight is 301 g/mol. The lowest BCUT2D eigenvalue weighted by Crippen LogP contribution is -2.46. The third kappa shape index (κ3) is 4.44. The highest BCUT2D eigenvalue weighted by atomic mass is 35.5. The van der Waals surface area contributed by atoms with Crippen LogP contribution in [0.25, 0.3) is 0 Å². The van der Waals surface area contributed by atoms with Crippen molar-refractivity contribution >= 4 is 17.6 Å². The summed E-state index contributed by atoms with van der Waals surface area (Å²) in [7, 11) is 0. The third-order valence-corrected chi connectivity index (χ3v) is 3.75. The number of halogens is 2. The van der Waals surface area contributed by atoms with Crippen molar-refractivity contribution in [3.8, 4) is 0 Å². The van der Waals surface area contributed by atoms with E-state index in [1.807, 2.05) is 0 Å². The van der Waals surface area contributed by atoms with Gasteiger partial charge in [-0.2, -0.15) is 0 Å². The molecule has 4 nitrogen and oxygen atoms in total. The number of carbonyl (C=O) groups is 1. The number of rotatable bonds is 5. The molecule has 0 spiro atoms. The van der Waals surface area contributed by atoms with Gasteiger partial charge < -0.3 is 10.0 Å². The van der Waals surface area contributed by atoms with E-state index in [1.54, 1.807) is 12.1 Å². The standard InChI is InChI=1S/C14H18ClFN2O2/c15-12-2-1-11(13(16)9-12)10-18-7-5-17(6-8-18)4-3-14(19)20/h1-2,9H,3-8,10H2,(H,19,20). The lowest BCUT2D eigenvalue weighted by atomic mass is 10.2. The van der Waals surface area contributed by atoms with Gasteiger partial charge in [-0.25, -0.2) is 4.39 Å². The molecule has 1 aromatic rings. The van der Waals surface area contributed by atoms with Crippen LogP contribution >= 0.6 is 11.6 Å². The van der Waals surface area contributed by atoms with Gasteiger partial charge >= 0.3 is 5.97 Å². The van der Waals surface area contributed by atoms with E-state index in [0.717, 1.165) is 26.2 Å². The van der Waals surface area contributed by atoms with Crippen molar-refractivity contribution < 1.29 is 14.3 Å². The molecule has 0 radical (unpaired) electrons. The molecule has 2 rings (SSSR count). The molecule has 0 bridgehead atoms. The summed E-state index contributed by atoms with van der Waals surface area (Å²) >= 11 is 5.73. The number of hydrogen-bond acceptors (Lipinski definition) is 3. The molecule has 0 aliphatic carbocycles. The van der Waals surface area contributed by atoms with Gasteiger partial charge in [0.25, 0.3) is 0 Å². The Morgan fingerprint density at radius 1 is 1.25 bits per heavy atom. The molecule has 1 aromatic carbocycles. The maximum absolute atomic E-state index is 13.7. The molecule has 0 amide bonds. The summed E-state index contributed by atoms with van der Waals surface area (Å²) < 4.78 is 13.7. The lowest BCUT2D eigenvalue weighted by molar-refractivity contribution is -0.137. The van der Waals surface area contributed by atoms with Crippen molar-refractivity contribution in [2.45, 2.75) is 13.0 Å². The predicted octanol–water partition coefficient (Wildman–Crippen LogP) is 2.07. The van der Waals surface area contributed by atoms with E-state index in [2.05, 4.69) is 9.80 Å². The summed E-state index contributed by atoms with van der Waals surface area (Å²) in [4.78, 5) is 14.8. The van der Waals surface area contributed by atoms with Gasteiger partial charge in [-0.1, -0.05) is 17.7 Å². The zero-order chi connectivity index (χ0) is 14.5. The smallest absolute Gasteiger partial charge is 0.304 e. The number of piperazine rings is 1. The van der Waals surface area contributed by atoms with Crippen LogP contribution in [0.2, 0.25) is 5.02 Å². The number of nitrogens with zero attached hydrogens (tertiary/aromatic N) is 2. The minimum absolute atomic E-state index is 0.172. The van der Waals surface area contributed by atoms with Crippen LogP contribution in [0.1, 0.15) is 12.0 Å². The highest BCUT2D eigenvalue weighted by Crippen LogP contribution is 2.17. The van der Waals surface area contributed by atoms with Crippen LogP contribution in [0.3, 0.4) is 0 Å². The highest BCUT2D eigenvalue weighted by molar-refractivity contribution is 6.30. The van der Waals surface area contributed by atoms with Gasteiger partial charge in [0.2, 0.25) is 0 Å². The van der Waals surface area contributed by atoms with Crippen molar-refractivity contribution in [1.82, 2.24) is 9.80 Å². The fourth-order valence-corrected chi connectivity index (χ4v) is 2.47. The Morgan fingerprint density at radius 3 is 2.50 bits per heavy atom. The van der Waals surface area contributed by atoms with Gasteiger partial charge in [0.1, 0.15) is 5.82 Å². The second kappa shape index (κ2) is 7.02. The van der Waals surface area contributed by atoms with Crippen LogP contribution in [0.4, 0.5) is 4.39 Å². The molecule has 0 atom stereocenters. The molecule has 110 valence electrons. The van der Waals surface area contributed by atoms with Gasteiger partial charge in [-0.05, 0) is 12.1 Å². The molecule has 1 heterocycles. The van der Waals surface area contributed by atoms with Crippen LogP contribution in [0.5, 0.6) is 0 Å². The summed E-state index contributed by atoms with van der Waals surface area (Å²) in [6.07, 6.45) is 0.172. The normalized spacial score (nSPS) is 17.3. The fraction of sp³-hybridized carbons (Fsp3) is 0.500. The summed E-state index contributed by atoms with van der Waals surface area (Å²) in [5.41, 5.74) is 0.647. The van der Waals surface area contributed by atoms with Crippen LogP contribution in [0.15, 0.2) is 18.2 Å². The highest BCUT2D eigenvalue weighted by Gasteiger charge is 2.18. The molecule has 0 unspecified atom stereocenters. The molecule has 1 aliphatic rings. The summed E-state index contributed by atoms with van der Waals surface area (Å²) in [5.74, 6) is -1.04. The Balaban J connectivity index is 1.80. The quantitative estimate of drug-likeness (QED) is 0.904. The predicted molar refractivity (Wildman–Crippen MR) is 75.4 cm³/mol. The first-order chi connectivity index (χ1) is 9.54. The number of carboxylic acid groups (broad SMARTS) is 1. The second-order valence-electron chi connectivity index (χ2n) is 5.00. The molecule has 1 saturated heterocycles. The Hall–Kier alpha value is -1.17. The minimum Gasteiger partial charge on any atom is -0.481 e. The Morgan fingerprint density at radius 2 is 1.90 bits per heavy atom. The molecule has 0 aromatic heterocycles. The van der Waals surface area contributed by atoms with Crippen LogP contribution in [-0.4, -0.2) is 53.6 Å². The van der Waals surface area contributed by atoms with E-state index in [4.69, 9.17) is 16.7 Å². The van der Waals surface area contributed by atoms with Crippen LogP contribution in [0, 0.1) is 5.82 Å². The molecular formula is C14H18ClFN2O2. The summed E-state index contributed by atoms with van der Waals surface area (Å²) in [6.45, 7) is 4.43. The Bertz CT molecular complexity index is 476.